The molecule has 0 fully saturated rings. The molecule has 0 saturated heterocycles. The van der Waals surface area contributed by atoms with Crippen LogP contribution in [0.15, 0.2) is 23.7 Å². The van der Waals surface area contributed by atoms with Crippen molar-refractivity contribution in [3.05, 3.63) is 23.7 Å². The molecule has 1 aliphatic carbocycles. The summed E-state index contributed by atoms with van der Waals surface area (Å²) in [4.78, 5) is 0. The van der Waals surface area contributed by atoms with Crippen LogP contribution < -0.4 is 0 Å². The van der Waals surface area contributed by atoms with Gasteiger partial charge in [0.2, 0.25) is 0 Å². The minimum atomic E-state index is 0.0676. The predicted octanol–water partition coefficient (Wildman–Crippen LogP) is 1.20. The SMILES string of the molecule is COC1=CC=C(OCCO)CC1. The lowest BCUT2D eigenvalue weighted by molar-refractivity contribution is 0.136. The lowest BCUT2D eigenvalue weighted by Gasteiger charge is -2.13. The number of aliphatic hydroxyl groups excluding tert-OH is 1. The van der Waals surface area contributed by atoms with Crippen LogP contribution in [0.5, 0.6) is 0 Å². The van der Waals surface area contributed by atoms with Crippen molar-refractivity contribution in [1.82, 2.24) is 0 Å². The Balaban J connectivity index is 2.37. The number of hydrogen-bond donors (Lipinski definition) is 1. The second-order valence-electron chi connectivity index (χ2n) is 2.54. The van der Waals surface area contributed by atoms with Gasteiger partial charge in [-0.25, -0.2) is 0 Å². The molecule has 12 heavy (non-hydrogen) atoms. The average molecular weight is 170 g/mol. The van der Waals surface area contributed by atoms with Crippen LogP contribution in [0, 0.1) is 0 Å². The van der Waals surface area contributed by atoms with Crippen molar-refractivity contribution in [3.8, 4) is 0 Å². The summed E-state index contributed by atoms with van der Waals surface area (Å²) in [7, 11) is 1.67. The van der Waals surface area contributed by atoms with Crippen molar-refractivity contribution in [1.29, 1.82) is 0 Å². The van der Waals surface area contributed by atoms with Crippen LogP contribution in [-0.4, -0.2) is 25.4 Å². The normalized spacial score (nSPS) is 16.5. The zero-order chi connectivity index (χ0) is 8.81. The maximum atomic E-state index is 8.50. The summed E-state index contributed by atoms with van der Waals surface area (Å²) in [5.41, 5.74) is 0. The Hall–Kier alpha value is -0.960. The topological polar surface area (TPSA) is 38.7 Å². The second-order valence-corrected chi connectivity index (χ2v) is 2.54. The van der Waals surface area contributed by atoms with Gasteiger partial charge >= 0.3 is 0 Å². The molecule has 0 aromatic carbocycles. The highest BCUT2D eigenvalue weighted by molar-refractivity contribution is 5.17. The van der Waals surface area contributed by atoms with Crippen LogP contribution in [0.1, 0.15) is 12.8 Å². The van der Waals surface area contributed by atoms with Crippen LogP contribution >= 0.6 is 0 Å². The van der Waals surface area contributed by atoms with Gasteiger partial charge in [-0.05, 0) is 12.2 Å². The van der Waals surface area contributed by atoms with Gasteiger partial charge in [-0.1, -0.05) is 0 Å². The molecule has 0 atom stereocenters. The molecule has 3 heteroatoms. The summed E-state index contributed by atoms with van der Waals surface area (Å²) in [6, 6.07) is 0. The third-order valence-electron chi connectivity index (χ3n) is 1.71. The first kappa shape index (κ1) is 9.13. The standard InChI is InChI=1S/C9H14O3/c1-11-8-2-4-9(5-3-8)12-7-6-10/h2,4,10H,3,5-7H2,1H3. The van der Waals surface area contributed by atoms with E-state index in [1.165, 1.54) is 0 Å². The average Bonchev–Trinajstić information content (AvgIpc) is 2.15. The van der Waals surface area contributed by atoms with Gasteiger partial charge in [0.1, 0.15) is 6.61 Å². The maximum absolute atomic E-state index is 8.50. The first-order valence-electron chi connectivity index (χ1n) is 4.04. The van der Waals surface area contributed by atoms with Gasteiger partial charge in [-0.15, -0.1) is 0 Å². The summed E-state index contributed by atoms with van der Waals surface area (Å²) in [5, 5.41) is 8.50. The molecule has 68 valence electrons. The van der Waals surface area contributed by atoms with E-state index in [2.05, 4.69) is 0 Å². The monoisotopic (exact) mass is 170 g/mol. The summed E-state index contributed by atoms with van der Waals surface area (Å²) in [6.07, 6.45) is 5.53. The molecular formula is C9H14O3. The molecule has 0 spiro atoms. The van der Waals surface area contributed by atoms with E-state index in [4.69, 9.17) is 14.6 Å². The summed E-state index contributed by atoms with van der Waals surface area (Å²) >= 11 is 0. The van der Waals surface area contributed by atoms with E-state index < -0.39 is 0 Å². The minimum absolute atomic E-state index is 0.0676. The van der Waals surface area contributed by atoms with E-state index in [9.17, 15) is 0 Å². The van der Waals surface area contributed by atoms with Gasteiger partial charge in [-0.2, -0.15) is 0 Å². The van der Waals surface area contributed by atoms with Crippen LogP contribution in [0.4, 0.5) is 0 Å². The highest BCUT2D eigenvalue weighted by atomic mass is 16.5. The van der Waals surface area contributed by atoms with Crippen LogP contribution in [0.25, 0.3) is 0 Å². The van der Waals surface area contributed by atoms with Crippen LogP contribution in [-0.2, 0) is 9.47 Å². The van der Waals surface area contributed by atoms with Crippen LogP contribution in [0.3, 0.4) is 0 Å². The first-order valence-corrected chi connectivity index (χ1v) is 4.04. The highest BCUT2D eigenvalue weighted by Gasteiger charge is 2.06. The molecule has 3 nitrogen and oxygen atoms in total. The van der Waals surface area contributed by atoms with E-state index in [-0.39, 0.29) is 6.61 Å². The Bertz CT molecular complexity index is 194. The first-order chi connectivity index (χ1) is 5.86. The van der Waals surface area contributed by atoms with Crippen molar-refractivity contribution < 1.29 is 14.6 Å². The Morgan fingerprint density at radius 1 is 1.33 bits per heavy atom. The smallest absolute Gasteiger partial charge is 0.111 e. The fourth-order valence-electron chi connectivity index (χ4n) is 1.07. The van der Waals surface area contributed by atoms with Crippen molar-refractivity contribution >= 4 is 0 Å². The van der Waals surface area contributed by atoms with Gasteiger partial charge in [0.15, 0.2) is 0 Å². The summed E-state index contributed by atoms with van der Waals surface area (Å²) in [6.45, 7) is 0.445. The molecule has 0 aromatic rings. The van der Waals surface area contributed by atoms with Crippen LogP contribution in [0.2, 0.25) is 0 Å². The van der Waals surface area contributed by atoms with Gasteiger partial charge in [0.25, 0.3) is 0 Å². The summed E-state index contributed by atoms with van der Waals surface area (Å²) < 4.78 is 10.3. The lowest BCUT2D eigenvalue weighted by Crippen LogP contribution is -2.02. The molecular weight excluding hydrogens is 156 g/mol. The molecule has 1 aliphatic rings. The molecule has 0 aromatic heterocycles. The maximum Gasteiger partial charge on any atom is 0.111 e. The molecule has 0 saturated carbocycles. The zero-order valence-electron chi connectivity index (χ0n) is 7.25. The van der Waals surface area contributed by atoms with E-state index in [0.29, 0.717) is 6.61 Å². The molecule has 0 bridgehead atoms. The van der Waals surface area contributed by atoms with Crippen molar-refractivity contribution in [2.75, 3.05) is 20.3 Å². The third-order valence-corrected chi connectivity index (χ3v) is 1.71. The fourth-order valence-corrected chi connectivity index (χ4v) is 1.07. The second kappa shape index (κ2) is 4.83. The van der Waals surface area contributed by atoms with Crippen molar-refractivity contribution in [3.63, 3.8) is 0 Å². The number of allylic oxidation sites excluding steroid dienone is 4. The van der Waals surface area contributed by atoms with Gasteiger partial charge in [-0.3, -0.25) is 0 Å². The Morgan fingerprint density at radius 3 is 2.50 bits per heavy atom. The molecule has 1 rings (SSSR count). The van der Waals surface area contributed by atoms with E-state index in [1.807, 2.05) is 12.2 Å². The minimum Gasteiger partial charge on any atom is -0.501 e. The molecule has 0 unspecified atom stereocenters. The van der Waals surface area contributed by atoms with Crippen molar-refractivity contribution in [2.45, 2.75) is 12.8 Å². The fraction of sp³-hybridized carbons (Fsp3) is 0.556. The van der Waals surface area contributed by atoms with E-state index in [1.54, 1.807) is 7.11 Å². The zero-order valence-corrected chi connectivity index (χ0v) is 7.25. The number of hydrogen-bond acceptors (Lipinski definition) is 3. The quantitative estimate of drug-likeness (QED) is 0.689. The highest BCUT2D eigenvalue weighted by Crippen LogP contribution is 2.18. The lowest BCUT2D eigenvalue weighted by atomic mass is 10.1. The van der Waals surface area contributed by atoms with Gasteiger partial charge in [0, 0.05) is 12.8 Å². The Kier molecular flexibility index (Phi) is 3.67. The molecule has 0 heterocycles. The van der Waals surface area contributed by atoms with E-state index >= 15 is 0 Å². The molecule has 1 N–H and O–H groups in total. The van der Waals surface area contributed by atoms with Gasteiger partial charge in [0.05, 0.1) is 25.2 Å². The van der Waals surface area contributed by atoms with E-state index in [0.717, 1.165) is 24.4 Å². The number of aliphatic hydroxyl groups is 1. The van der Waals surface area contributed by atoms with Gasteiger partial charge < -0.3 is 14.6 Å². The predicted molar refractivity (Wildman–Crippen MR) is 45.4 cm³/mol. The molecule has 0 radical (unpaired) electrons. The number of rotatable bonds is 4. The third kappa shape index (κ3) is 2.58. The van der Waals surface area contributed by atoms with Crippen molar-refractivity contribution in [2.24, 2.45) is 0 Å². The number of methoxy groups -OCH3 is 1. The summed E-state index contributed by atoms with van der Waals surface area (Å²) in [5.74, 6) is 1.90. The molecule has 0 aliphatic heterocycles. The largest absolute Gasteiger partial charge is 0.501 e. The Morgan fingerprint density at radius 2 is 2.00 bits per heavy atom. The molecule has 0 amide bonds. The number of ether oxygens (including phenoxy) is 2. The Labute approximate surface area is 72.3 Å².